The van der Waals surface area contributed by atoms with E-state index in [4.69, 9.17) is 4.74 Å². The molecule has 1 aromatic heterocycles. The van der Waals surface area contributed by atoms with Crippen molar-refractivity contribution in [3.63, 3.8) is 0 Å². The largest absolute Gasteiger partial charge is 0.390 e. The van der Waals surface area contributed by atoms with Crippen molar-refractivity contribution in [1.82, 2.24) is 9.55 Å². The van der Waals surface area contributed by atoms with E-state index in [-0.39, 0.29) is 12.0 Å². The lowest BCUT2D eigenvalue weighted by atomic mass is 9.85. The Labute approximate surface area is 111 Å². The molecule has 2 aliphatic heterocycles. The Hall–Kier alpha value is -1.65. The Bertz CT molecular complexity index is 608. The van der Waals surface area contributed by atoms with Crippen LogP contribution in [0.2, 0.25) is 0 Å². The molecule has 1 fully saturated rings. The summed E-state index contributed by atoms with van der Waals surface area (Å²) >= 11 is 0. The summed E-state index contributed by atoms with van der Waals surface area (Å²) in [6, 6.07) is 8.60. The van der Waals surface area contributed by atoms with E-state index in [1.807, 2.05) is 12.5 Å². The first kappa shape index (κ1) is 11.2. The summed E-state index contributed by atoms with van der Waals surface area (Å²) < 4.78 is 7.55. The number of ether oxygens (including phenoxy) is 1. The van der Waals surface area contributed by atoms with Crippen LogP contribution >= 0.6 is 0 Å². The number of fused-ring (bicyclic) bond motifs is 3. The second-order valence-electron chi connectivity index (χ2n) is 5.31. The second kappa shape index (κ2) is 4.18. The van der Waals surface area contributed by atoms with Gasteiger partial charge < -0.3 is 14.4 Å². The molecule has 0 saturated carbocycles. The summed E-state index contributed by atoms with van der Waals surface area (Å²) in [6.45, 7) is 1.16. The third-order valence-corrected chi connectivity index (χ3v) is 4.31. The Balaban J connectivity index is 1.84. The Kier molecular flexibility index (Phi) is 2.47. The maximum atomic E-state index is 10.3. The number of aromatic nitrogens is 2. The molecule has 0 spiro atoms. The van der Waals surface area contributed by atoms with Crippen LogP contribution in [0.4, 0.5) is 0 Å². The fraction of sp³-hybridized carbons (Fsp3) is 0.400. The average molecular weight is 256 g/mol. The van der Waals surface area contributed by atoms with Gasteiger partial charge >= 0.3 is 0 Å². The molecule has 2 aromatic rings. The SMILES string of the molecule is OC1COCCC1C1c2ccccc2-c2cncn21. The molecule has 4 nitrogen and oxygen atoms in total. The quantitative estimate of drug-likeness (QED) is 0.847. The van der Waals surface area contributed by atoms with E-state index in [9.17, 15) is 5.11 Å². The van der Waals surface area contributed by atoms with Gasteiger partial charge in [-0.05, 0) is 12.0 Å². The number of nitrogens with zero attached hydrogens (tertiary/aromatic N) is 2. The second-order valence-corrected chi connectivity index (χ2v) is 5.31. The Morgan fingerprint density at radius 2 is 2.21 bits per heavy atom. The number of benzene rings is 1. The predicted octanol–water partition coefficient (Wildman–Crippen LogP) is 1.85. The summed E-state index contributed by atoms with van der Waals surface area (Å²) in [4.78, 5) is 4.26. The molecule has 3 unspecified atom stereocenters. The highest BCUT2D eigenvalue weighted by Gasteiger charge is 2.38. The highest BCUT2D eigenvalue weighted by Crippen LogP contribution is 2.45. The Morgan fingerprint density at radius 3 is 3.11 bits per heavy atom. The van der Waals surface area contributed by atoms with Gasteiger partial charge in [0, 0.05) is 18.1 Å². The molecule has 0 aliphatic carbocycles. The van der Waals surface area contributed by atoms with E-state index in [1.165, 1.54) is 11.1 Å². The molecule has 3 heterocycles. The van der Waals surface area contributed by atoms with Crippen molar-refractivity contribution in [1.29, 1.82) is 0 Å². The molecule has 3 atom stereocenters. The highest BCUT2D eigenvalue weighted by molar-refractivity contribution is 5.69. The number of aliphatic hydroxyl groups is 1. The van der Waals surface area contributed by atoms with Crippen molar-refractivity contribution in [2.45, 2.75) is 18.6 Å². The summed E-state index contributed by atoms with van der Waals surface area (Å²) in [7, 11) is 0. The summed E-state index contributed by atoms with van der Waals surface area (Å²) in [5, 5.41) is 10.3. The lowest BCUT2D eigenvalue weighted by molar-refractivity contribution is -0.0540. The van der Waals surface area contributed by atoms with E-state index in [1.54, 1.807) is 0 Å². The van der Waals surface area contributed by atoms with Crippen molar-refractivity contribution in [3.8, 4) is 11.3 Å². The first-order valence-electron chi connectivity index (χ1n) is 6.73. The van der Waals surface area contributed by atoms with Gasteiger partial charge in [-0.15, -0.1) is 0 Å². The fourth-order valence-corrected chi connectivity index (χ4v) is 3.42. The first-order chi connectivity index (χ1) is 9.36. The summed E-state index contributed by atoms with van der Waals surface area (Å²) in [5.41, 5.74) is 3.69. The molecule has 0 amide bonds. The minimum Gasteiger partial charge on any atom is -0.390 e. The molecule has 0 bridgehead atoms. The molecule has 1 saturated heterocycles. The summed E-state index contributed by atoms with van der Waals surface area (Å²) in [5.74, 6) is 0.199. The molecular weight excluding hydrogens is 240 g/mol. The van der Waals surface area contributed by atoms with Crippen LogP contribution in [0.3, 0.4) is 0 Å². The number of aliphatic hydroxyl groups excluding tert-OH is 1. The molecule has 1 aromatic carbocycles. The van der Waals surface area contributed by atoms with Crippen LogP contribution in [0.1, 0.15) is 18.0 Å². The highest BCUT2D eigenvalue weighted by atomic mass is 16.5. The van der Waals surface area contributed by atoms with Crippen molar-refractivity contribution in [2.24, 2.45) is 5.92 Å². The molecule has 1 N–H and O–H groups in total. The van der Waals surface area contributed by atoms with Crippen molar-refractivity contribution >= 4 is 0 Å². The minimum atomic E-state index is -0.403. The third kappa shape index (κ3) is 1.57. The zero-order valence-corrected chi connectivity index (χ0v) is 10.6. The van der Waals surface area contributed by atoms with E-state index in [0.717, 1.165) is 18.7 Å². The van der Waals surface area contributed by atoms with Crippen LogP contribution in [0, 0.1) is 5.92 Å². The van der Waals surface area contributed by atoms with Gasteiger partial charge in [-0.2, -0.15) is 0 Å². The van der Waals surface area contributed by atoms with Gasteiger partial charge in [-0.3, -0.25) is 0 Å². The number of hydrogen-bond acceptors (Lipinski definition) is 3. The number of imidazole rings is 1. The average Bonchev–Trinajstić information content (AvgIpc) is 3.00. The number of rotatable bonds is 1. The van der Waals surface area contributed by atoms with E-state index < -0.39 is 6.10 Å². The predicted molar refractivity (Wildman–Crippen MR) is 70.7 cm³/mol. The van der Waals surface area contributed by atoms with Gasteiger partial charge in [0.1, 0.15) is 0 Å². The van der Waals surface area contributed by atoms with Gasteiger partial charge in [0.2, 0.25) is 0 Å². The zero-order valence-electron chi connectivity index (χ0n) is 10.6. The lowest BCUT2D eigenvalue weighted by Crippen LogP contribution is -2.37. The minimum absolute atomic E-state index is 0.188. The van der Waals surface area contributed by atoms with E-state index in [0.29, 0.717) is 6.61 Å². The third-order valence-electron chi connectivity index (χ3n) is 4.31. The van der Waals surface area contributed by atoms with Crippen LogP contribution in [0.15, 0.2) is 36.8 Å². The lowest BCUT2D eigenvalue weighted by Gasteiger charge is -2.33. The fourth-order valence-electron chi connectivity index (χ4n) is 3.42. The normalized spacial score (nSPS) is 29.0. The monoisotopic (exact) mass is 256 g/mol. The van der Waals surface area contributed by atoms with Crippen molar-refractivity contribution < 1.29 is 9.84 Å². The van der Waals surface area contributed by atoms with Gasteiger partial charge in [0.05, 0.1) is 37.0 Å². The molecule has 0 radical (unpaired) electrons. The van der Waals surface area contributed by atoms with Crippen LogP contribution in [0.5, 0.6) is 0 Å². The van der Waals surface area contributed by atoms with Crippen molar-refractivity contribution in [3.05, 3.63) is 42.4 Å². The van der Waals surface area contributed by atoms with Crippen LogP contribution in [-0.4, -0.2) is 34.0 Å². The molecule has 98 valence electrons. The summed E-state index contributed by atoms with van der Waals surface area (Å²) in [6.07, 6.45) is 4.27. The maximum absolute atomic E-state index is 10.3. The van der Waals surface area contributed by atoms with Crippen LogP contribution in [-0.2, 0) is 4.74 Å². The number of hydrogen-bond donors (Lipinski definition) is 1. The Morgan fingerprint density at radius 1 is 1.32 bits per heavy atom. The standard InChI is InChI=1S/C15H16N2O2/c18-14-8-19-6-5-12(14)15-11-4-2-1-3-10(11)13-7-16-9-17(13)15/h1-4,7,9,12,14-15,18H,5-6,8H2. The van der Waals surface area contributed by atoms with Crippen LogP contribution < -0.4 is 0 Å². The molecule has 2 aliphatic rings. The van der Waals surface area contributed by atoms with Gasteiger partial charge in [0.25, 0.3) is 0 Å². The van der Waals surface area contributed by atoms with Crippen LogP contribution in [0.25, 0.3) is 11.3 Å². The van der Waals surface area contributed by atoms with Crippen molar-refractivity contribution in [2.75, 3.05) is 13.2 Å². The van der Waals surface area contributed by atoms with E-state index >= 15 is 0 Å². The topological polar surface area (TPSA) is 47.3 Å². The smallest absolute Gasteiger partial charge is 0.0956 e. The van der Waals surface area contributed by atoms with Gasteiger partial charge in [0.15, 0.2) is 0 Å². The van der Waals surface area contributed by atoms with E-state index in [2.05, 4.69) is 33.8 Å². The molecule has 4 rings (SSSR count). The van der Waals surface area contributed by atoms with Gasteiger partial charge in [-0.25, -0.2) is 4.98 Å². The van der Waals surface area contributed by atoms with Gasteiger partial charge in [-0.1, -0.05) is 24.3 Å². The first-order valence-corrected chi connectivity index (χ1v) is 6.73. The molecular formula is C15H16N2O2. The maximum Gasteiger partial charge on any atom is 0.0956 e. The molecule has 19 heavy (non-hydrogen) atoms. The zero-order chi connectivity index (χ0) is 12.8. The molecule has 4 heteroatoms.